The number of likely N-dealkylation sites (tertiary alicyclic amines) is 1. The molecular formula is C16H23ClN2O2. The molecule has 2 rings (SSSR count). The Morgan fingerprint density at radius 1 is 1.62 bits per heavy atom. The number of halogens is 1. The number of rotatable bonds is 3. The first kappa shape index (κ1) is 16.1. The number of hydrogen-bond acceptors (Lipinski definition) is 2. The Labute approximate surface area is 131 Å². The molecule has 0 aliphatic carbocycles. The number of carbonyl (C=O) groups is 1. The monoisotopic (exact) mass is 310 g/mol. The van der Waals surface area contributed by atoms with E-state index in [2.05, 4.69) is 12.2 Å². The molecule has 4 nitrogen and oxygen atoms in total. The van der Waals surface area contributed by atoms with Gasteiger partial charge in [0.25, 0.3) is 0 Å². The Kier molecular flexibility index (Phi) is 4.79. The Morgan fingerprint density at radius 2 is 2.33 bits per heavy atom. The molecule has 3 atom stereocenters. The lowest BCUT2D eigenvalue weighted by Crippen LogP contribution is -2.41. The van der Waals surface area contributed by atoms with Gasteiger partial charge in [0.05, 0.1) is 12.6 Å². The third-order valence-electron chi connectivity index (χ3n) is 4.57. The number of aliphatic hydroxyl groups excluding tert-OH is 1. The highest BCUT2D eigenvalue weighted by atomic mass is 35.5. The van der Waals surface area contributed by atoms with Crippen molar-refractivity contribution in [2.45, 2.75) is 26.8 Å². The van der Waals surface area contributed by atoms with Crippen LogP contribution >= 0.6 is 11.6 Å². The second-order valence-corrected chi connectivity index (χ2v) is 6.76. The second-order valence-electron chi connectivity index (χ2n) is 6.32. The predicted molar refractivity (Wildman–Crippen MR) is 84.3 cm³/mol. The van der Waals surface area contributed by atoms with Gasteiger partial charge in [-0.05, 0) is 30.5 Å². The van der Waals surface area contributed by atoms with E-state index >= 15 is 0 Å². The van der Waals surface area contributed by atoms with E-state index in [4.69, 9.17) is 11.6 Å². The SMILES string of the molecule is CC1CN(C(=O)N[C@H](C)c2cccc(Cl)c2)CC1(C)CO. The van der Waals surface area contributed by atoms with Gasteiger partial charge in [-0.1, -0.05) is 37.6 Å². The van der Waals surface area contributed by atoms with Gasteiger partial charge in [-0.15, -0.1) is 0 Å². The smallest absolute Gasteiger partial charge is 0.317 e. The van der Waals surface area contributed by atoms with Gasteiger partial charge in [0.2, 0.25) is 0 Å². The molecule has 5 heteroatoms. The quantitative estimate of drug-likeness (QED) is 0.901. The van der Waals surface area contributed by atoms with E-state index in [1.54, 1.807) is 4.90 Å². The van der Waals surface area contributed by atoms with E-state index in [1.165, 1.54) is 0 Å². The van der Waals surface area contributed by atoms with Crippen LogP contribution in [0, 0.1) is 11.3 Å². The van der Waals surface area contributed by atoms with Crippen molar-refractivity contribution in [3.63, 3.8) is 0 Å². The highest BCUT2D eigenvalue weighted by Gasteiger charge is 2.41. The fourth-order valence-electron chi connectivity index (χ4n) is 2.70. The molecule has 1 aliphatic heterocycles. The molecule has 21 heavy (non-hydrogen) atoms. The minimum absolute atomic E-state index is 0.0912. The molecule has 116 valence electrons. The lowest BCUT2D eigenvalue weighted by Gasteiger charge is -2.25. The van der Waals surface area contributed by atoms with Crippen molar-refractivity contribution < 1.29 is 9.90 Å². The van der Waals surface area contributed by atoms with Crippen LogP contribution in [0.2, 0.25) is 5.02 Å². The molecule has 1 aliphatic rings. The third kappa shape index (κ3) is 3.50. The van der Waals surface area contributed by atoms with Crippen LogP contribution in [0.4, 0.5) is 4.79 Å². The van der Waals surface area contributed by atoms with Gasteiger partial charge in [-0.2, -0.15) is 0 Å². The van der Waals surface area contributed by atoms with Gasteiger partial charge in [-0.3, -0.25) is 0 Å². The summed E-state index contributed by atoms with van der Waals surface area (Å²) in [4.78, 5) is 14.1. The average molecular weight is 311 g/mol. The van der Waals surface area contributed by atoms with E-state index in [9.17, 15) is 9.90 Å². The van der Waals surface area contributed by atoms with Crippen molar-refractivity contribution in [1.82, 2.24) is 10.2 Å². The Bertz CT molecular complexity index is 523. The number of amides is 2. The van der Waals surface area contributed by atoms with E-state index < -0.39 is 0 Å². The topological polar surface area (TPSA) is 52.6 Å². The molecule has 1 heterocycles. The first-order valence-electron chi connectivity index (χ1n) is 7.27. The van der Waals surface area contributed by atoms with Crippen molar-refractivity contribution in [3.05, 3.63) is 34.9 Å². The van der Waals surface area contributed by atoms with Crippen molar-refractivity contribution >= 4 is 17.6 Å². The van der Waals surface area contributed by atoms with Crippen molar-refractivity contribution in [3.8, 4) is 0 Å². The van der Waals surface area contributed by atoms with Crippen LogP contribution < -0.4 is 5.32 Å². The maximum absolute atomic E-state index is 12.4. The molecule has 0 saturated carbocycles. The number of carbonyl (C=O) groups excluding carboxylic acids is 1. The van der Waals surface area contributed by atoms with Crippen LogP contribution in [0.25, 0.3) is 0 Å². The fourth-order valence-corrected chi connectivity index (χ4v) is 2.90. The predicted octanol–water partition coefficient (Wildman–Crippen LogP) is 3.06. The van der Waals surface area contributed by atoms with Crippen LogP contribution in [0.5, 0.6) is 0 Å². The fraction of sp³-hybridized carbons (Fsp3) is 0.562. The van der Waals surface area contributed by atoms with E-state index in [0.29, 0.717) is 18.1 Å². The first-order valence-corrected chi connectivity index (χ1v) is 7.65. The molecule has 0 aromatic heterocycles. The van der Waals surface area contributed by atoms with Gasteiger partial charge in [0, 0.05) is 23.5 Å². The Morgan fingerprint density at radius 3 is 2.90 bits per heavy atom. The van der Waals surface area contributed by atoms with Gasteiger partial charge >= 0.3 is 6.03 Å². The van der Waals surface area contributed by atoms with E-state index in [-0.39, 0.29) is 30.0 Å². The summed E-state index contributed by atoms with van der Waals surface area (Å²) in [7, 11) is 0. The molecule has 1 aromatic rings. The lowest BCUT2D eigenvalue weighted by atomic mass is 9.82. The zero-order chi connectivity index (χ0) is 15.6. The van der Waals surface area contributed by atoms with E-state index in [1.807, 2.05) is 38.1 Å². The lowest BCUT2D eigenvalue weighted by molar-refractivity contribution is 0.118. The zero-order valence-corrected chi connectivity index (χ0v) is 13.5. The van der Waals surface area contributed by atoms with Crippen LogP contribution in [-0.2, 0) is 0 Å². The van der Waals surface area contributed by atoms with Crippen molar-refractivity contribution in [1.29, 1.82) is 0 Å². The number of nitrogens with zero attached hydrogens (tertiary/aromatic N) is 1. The second kappa shape index (κ2) is 6.24. The molecule has 0 spiro atoms. The van der Waals surface area contributed by atoms with Gasteiger partial charge in [-0.25, -0.2) is 4.79 Å². The molecule has 2 N–H and O–H groups in total. The number of urea groups is 1. The summed E-state index contributed by atoms with van der Waals surface area (Å²) in [5.41, 5.74) is 0.768. The van der Waals surface area contributed by atoms with E-state index in [0.717, 1.165) is 5.56 Å². The molecule has 0 bridgehead atoms. The third-order valence-corrected chi connectivity index (χ3v) is 4.81. The standard InChI is InChI=1S/C16H23ClN2O2/c1-11-8-19(9-16(11,3)10-20)15(21)18-12(2)13-5-4-6-14(17)7-13/h4-7,11-12,20H,8-10H2,1-3H3,(H,18,21)/t11?,12-,16?/m1/s1. The zero-order valence-electron chi connectivity index (χ0n) is 12.8. The minimum Gasteiger partial charge on any atom is -0.396 e. The largest absolute Gasteiger partial charge is 0.396 e. The molecule has 1 saturated heterocycles. The number of benzene rings is 1. The van der Waals surface area contributed by atoms with Gasteiger partial charge in [0.1, 0.15) is 0 Å². The number of aliphatic hydroxyl groups is 1. The van der Waals surface area contributed by atoms with Crippen LogP contribution in [0.15, 0.2) is 24.3 Å². The summed E-state index contributed by atoms with van der Waals surface area (Å²) < 4.78 is 0. The molecule has 2 amide bonds. The average Bonchev–Trinajstić information content (AvgIpc) is 2.75. The normalized spacial score (nSPS) is 26.7. The Hall–Kier alpha value is -1.26. The molecule has 0 radical (unpaired) electrons. The van der Waals surface area contributed by atoms with Crippen LogP contribution in [0.1, 0.15) is 32.4 Å². The highest BCUT2D eigenvalue weighted by Crippen LogP contribution is 2.35. The number of nitrogens with one attached hydrogen (secondary N) is 1. The maximum atomic E-state index is 12.4. The summed E-state index contributed by atoms with van der Waals surface area (Å²) in [5, 5.41) is 13.2. The molecule has 1 fully saturated rings. The molecule has 2 unspecified atom stereocenters. The summed E-state index contributed by atoms with van der Waals surface area (Å²) in [6.07, 6.45) is 0. The van der Waals surface area contributed by atoms with Gasteiger partial charge < -0.3 is 15.3 Å². The van der Waals surface area contributed by atoms with Crippen molar-refractivity contribution in [2.75, 3.05) is 19.7 Å². The van der Waals surface area contributed by atoms with Gasteiger partial charge in [0.15, 0.2) is 0 Å². The summed E-state index contributed by atoms with van der Waals surface area (Å²) >= 11 is 5.98. The minimum atomic E-state index is -0.212. The highest BCUT2D eigenvalue weighted by molar-refractivity contribution is 6.30. The summed E-state index contributed by atoms with van der Waals surface area (Å²) in [5.74, 6) is 0.287. The molecule has 1 aromatic carbocycles. The maximum Gasteiger partial charge on any atom is 0.317 e. The molecular weight excluding hydrogens is 288 g/mol. The first-order chi connectivity index (χ1) is 9.85. The summed E-state index contributed by atoms with van der Waals surface area (Å²) in [6.45, 7) is 7.38. The summed E-state index contributed by atoms with van der Waals surface area (Å²) in [6, 6.07) is 7.30. The van der Waals surface area contributed by atoms with Crippen molar-refractivity contribution in [2.24, 2.45) is 11.3 Å². The number of hydrogen-bond donors (Lipinski definition) is 2. The van der Waals surface area contributed by atoms with Crippen LogP contribution in [0.3, 0.4) is 0 Å². The van der Waals surface area contributed by atoms with Crippen LogP contribution in [-0.4, -0.2) is 35.7 Å². The Balaban J connectivity index is 1.99.